The summed E-state index contributed by atoms with van der Waals surface area (Å²) in [6, 6.07) is 2.07. The number of esters is 1. The summed E-state index contributed by atoms with van der Waals surface area (Å²) in [7, 11) is -12.7. The van der Waals surface area contributed by atoms with Crippen LogP contribution in [0, 0.1) is 0 Å². The predicted octanol–water partition coefficient (Wildman–Crippen LogP) is 0.887. The van der Waals surface area contributed by atoms with Crippen LogP contribution in [0.25, 0.3) is 0 Å². The molecule has 0 atom stereocenters. The summed E-state index contributed by atoms with van der Waals surface area (Å²) >= 11 is 0. The second-order valence-electron chi connectivity index (χ2n) is 6.09. The maximum atomic E-state index is 13.4. The van der Waals surface area contributed by atoms with Crippen molar-refractivity contribution in [3.05, 3.63) is 29.3 Å². The molecule has 0 spiro atoms. The van der Waals surface area contributed by atoms with E-state index < -0.39 is 59.2 Å². The number of carbonyl (C=O) groups excluding carboxylic acids is 2. The zero-order valence-corrected chi connectivity index (χ0v) is 15.7. The lowest BCUT2D eigenvalue weighted by Gasteiger charge is -2.20. The van der Waals surface area contributed by atoms with Crippen molar-refractivity contribution in [2.24, 2.45) is 5.73 Å². The van der Waals surface area contributed by atoms with Gasteiger partial charge in [-0.05, 0) is 39.0 Å². The van der Waals surface area contributed by atoms with E-state index >= 15 is 0 Å². The van der Waals surface area contributed by atoms with Crippen LogP contribution in [0.5, 0.6) is 5.75 Å². The Morgan fingerprint density at radius 1 is 1.04 bits per heavy atom. The van der Waals surface area contributed by atoms with Gasteiger partial charge in [-0.2, -0.15) is 25.6 Å². The molecule has 14 heteroatoms. The van der Waals surface area contributed by atoms with Crippen LogP contribution >= 0.6 is 0 Å². The topological polar surface area (TPSA) is 167 Å². The normalized spacial score (nSPS) is 13.1. The summed E-state index contributed by atoms with van der Waals surface area (Å²) in [6.45, 7) is 4.49. The lowest BCUT2D eigenvalue weighted by molar-refractivity contribution is 0.00691. The Labute approximate surface area is 153 Å². The fourth-order valence-electron chi connectivity index (χ4n) is 1.55. The second kappa shape index (κ2) is 7.01. The molecule has 0 saturated heterocycles. The molecule has 1 aromatic rings. The predicted molar refractivity (Wildman–Crippen MR) is 86.2 cm³/mol. The molecule has 0 unspecified atom stereocenters. The highest BCUT2D eigenvalue weighted by Crippen LogP contribution is 2.31. The highest BCUT2D eigenvalue weighted by atomic mass is 32.3. The number of carbonyl (C=O) groups is 2. The van der Waals surface area contributed by atoms with Crippen molar-refractivity contribution in [2.75, 3.05) is 0 Å². The Hall–Kier alpha value is -2.32. The zero-order valence-electron chi connectivity index (χ0n) is 14.1. The maximum Gasteiger partial charge on any atom is 0.506 e. The summed E-state index contributed by atoms with van der Waals surface area (Å²) < 4.78 is 82.7. The van der Waals surface area contributed by atoms with Gasteiger partial charge in [-0.1, -0.05) is 0 Å². The van der Waals surface area contributed by atoms with Crippen LogP contribution in [-0.4, -0.2) is 43.5 Å². The van der Waals surface area contributed by atoms with Gasteiger partial charge in [-0.15, -0.1) is 0 Å². The van der Waals surface area contributed by atoms with E-state index in [1.54, 1.807) is 0 Å². The van der Waals surface area contributed by atoms with Crippen LogP contribution in [0.15, 0.2) is 18.2 Å². The third-order valence-corrected chi connectivity index (χ3v) is 5.46. The van der Waals surface area contributed by atoms with Crippen molar-refractivity contribution < 1.29 is 48.7 Å². The summed E-state index contributed by atoms with van der Waals surface area (Å²) in [4.78, 5) is 23.4. The number of rotatable bonds is 6. The molecular weight excluding hydrogens is 416 g/mol. The van der Waals surface area contributed by atoms with E-state index in [4.69, 9.17) is 15.0 Å². The van der Waals surface area contributed by atoms with Gasteiger partial charge in [-0.3, -0.25) is 9.35 Å². The minimum absolute atomic E-state index is 0.485. The summed E-state index contributed by atoms with van der Waals surface area (Å²) in [5.41, 5.74) is 3.02. The van der Waals surface area contributed by atoms with E-state index in [2.05, 4.69) is 4.18 Å². The molecule has 1 rings (SSSR count). The molecule has 0 heterocycles. The van der Waals surface area contributed by atoms with E-state index in [-0.39, 0.29) is 0 Å². The summed E-state index contributed by atoms with van der Waals surface area (Å²) in [5, 5.41) is 0. The maximum absolute atomic E-state index is 13.4. The Morgan fingerprint density at radius 3 is 1.93 bits per heavy atom. The first-order chi connectivity index (χ1) is 11.9. The van der Waals surface area contributed by atoms with Crippen molar-refractivity contribution in [2.45, 2.75) is 31.0 Å². The van der Waals surface area contributed by atoms with Crippen LogP contribution < -0.4 is 9.92 Å². The average Bonchev–Trinajstić information content (AvgIpc) is 2.43. The van der Waals surface area contributed by atoms with Crippen molar-refractivity contribution in [1.82, 2.24) is 0 Å². The number of benzene rings is 1. The Morgan fingerprint density at radius 2 is 1.52 bits per heavy atom. The molecule has 10 nitrogen and oxygen atoms in total. The zero-order chi connectivity index (χ0) is 21.4. The lowest BCUT2D eigenvalue weighted by Crippen LogP contribution is -2.40. The fraction of sp³-hybridized carbons (Fsp3) is 0.385. The van der Waals surface area contributed by atoms with Gasteiger partial charge in [0.25, 0.3) is 0 Å². The second-order valence-corrected chi connectivity index (χ2v) is 9.40. The molecule has 152 valence electrons. The van der Waals surface area contributed by atoms with Crippen LogP contribution in [-0.2, 0) is 25.0 Å². The minimum Gasteiger partial charge on any atom is -0.456 e. The van der Waals surface area contributed by atoms with Crippen LogP contribution in [0.4, 0.5) is 8.78 Å². The average molecular weight is 431 g/mol. The number of nitrogens with two attached hydrogens (primary N) is 1. The molecule has 1 aromatic carbocycles. The summed E-state index contributed by atoms with van der Waals surface area (Å²) in [5.74, 6) is -3.28. The van der Waals surface area contributed by atoms with Crippen LogP contribution in [0.2, 0.25) is 0 Å². The molecule has 0 bridgehead atoms. The molecule has 0 radical (unpaired) electrons. The number of primary amides is 1. The molecule has 27 heavy (non-hydrogen) atoms. The van der Waals surface area contributed by atoms with E-state index in [1.807, 2.05) is 0 Å². The number of amides is 1. The van der Waals surface area contributed by atoms with Gasteiger partial charge in [-0.25, -0.2) is 4.79 Å². The van der Waals surface area contributed by atoms with Gasteiger partial charge in [0.2, 0.25) is 5.91 Å². The first-order valence-electron chi connectivity index (χ1n) is 6.84. The molecule has 0 saturated carbocycles. The van der Waals surface area contributed by atoms with Gasteiger partial charge < -0.3 is 14.7 Å². The molecule has 3 N–H and O–H groups in total. The standard InChI is InChI=1S/C13H15F2NO9S2/c1-12(2,3)24-11(18)8-4-7(10(16)17)5-9(6-8)25-27(22,23)13(14,15)26(19,20)21/h4-6H,1-3H3,(H2,16,17)(H,19,20,21). The molecule has 1 amide bonds. The van der Waals surface area contributed by atoms with Gasteiger partial charge in [0.05, 0.1) is 5.56 Å². The first kappa shape index (κ1) is 22.7. The number of halogens is 2. The Bertz CT molecular complexity index is 980. The lowest BCUT2D eigenvalue weighted by atomic mass is 10.1. The number of alkyl halides is 2. The monoisotopic (exact) mass is 431 g/mol. The smallest absolute Gasteiger partial charge is 0.456 e. The quantitative estimate of drug-likeness (QED) is 0.377. The minimum atomic E-state index is -6.39. The van der Waals surface area contributed by atoms with E-state index in [0.717, 1.165) is 6.07 Å². The van der Waals surface area contributed by atoms with Crippen molar-refractivity contribution in [3.8, 4) is 5.75 Å². The molecule has 0 aliphatic carbocycles. The molecule has 0 aliphatic rings. The SMILES string of the molecule is CC(C)(C)OC(=O)c1cc(OS(=O)(=O)C(F)(F)S(=O)(=O)O)cc(C(N)=O)c1. The van der Waals surface area contributed by atoms with Crippen molar-refractivity contribution >= 4 is 32.1 Å². The van der Waals surface area contributed by atoms with Gasteiger partial charge in [0.15, 0.2) is 0 Å². The number of hydrogen-bond acceptors (Lipinski definition) is 8. The Balaban J connectivity index is 3.45. The molecule has 0 aromatic heterocycles. The highest BCUT2D eigenvalue weighted by Gasteiger charge is 2.60. The third-order valence-electron chi connectivity index (χ3n) is 2.62. The molecule has 0 aliphatic heterocycles. The highest BCUT2D eigenvalue weighted by molar-refractivity contribution is 8.05. The van der Waals surface area contributed by atoms with Gasteiger partial charge >= 0.3 is 30.8 Å². The van der Waals surface area contributed by atoms with Gasteiger partial charge in [0.1, 0.15) is 11.4 Å². The van der Waals surface area contributed by atoms with E-state index in [0.29, 0.717) is 12.1 Å². The number of ether oxygens (including phenoxy) is 1. The Kier molecular flexibility index (Phi) is 5.90. The number of hydrogen-bond donors (Lipinski definition) is 2. The van der Waals surface area contributed by atoms with Crippen molar-refractivity contribution in [1.29, 1.82) is 0 Å². The van der Waals surface area contributed by atoms with Crippen LogP contribution in [0.3, 0.4) is 0 Å². The van der Waals surface area contributed by atoms with E-state index in [9.17, 15) is 35.2 Å². The summed E-state index contributed by atoms with van der Waals surface area (Å²) in [6.07, 6.45) is 0. The largest absolute Gasteiger partial charge is 0.506 e. The van der Waals surface area contributed by atoms with Crippen LogP contribution in [0.1, 0.15) is 41.5 Å². The van der Waals surface area contributed by atoms with Gasteiger partial charge in [0, 0.05) is 5.56 Å². The molecular formula is C13H15F2NO9S2. The van der Waals surface area contributed by atoms with Crippen molar-refractivity contribution in [3.63, 3.8) is 0 Å². The third kappa shape index (κ3) is 5.33. The first-order valence-corrected chi connectivity index (χ1v) is 9.69. The fourth-order valence-corrected chi connectivity index (χ4v) is 3.13. The van der Waals surface area contributed by atoms with E-state index in [1.165, 1.54) is 20.8 Å². The molecule has 0 fully saturated rings.